The molecule has 7 nitrogen and oxygen atoms in total. The number of aliphatic hydroxyl groups is 1. The molecule has 2 aliphatic heterocycles. The van der Waals surface area contributed by atoms with Gasteiger partial charge in [-0.05, 0) is 56.4 Å². The summed E-state index contributed by atoms with van der Waals surface area (Å²) in [6.07, 6.45) is 4.06. The lowest BCUT2D eigenvalue weighted by molar-refractivity contribution is -0.122. The average molecular weight is 432 g/mol. The maximum absolute atomic E-state index is 13.1. The van der Waals surface area contributed by atoms with Gasteiger partial charge in [0.15, 0.2) is 5.13 Å². The van der Waals surface area contributed by atoms with Gasteiger partial charge in [-0.1, -0.05) is 6.07 Å². The Bertz CT molecular complexity index is 873. The lowest BCUT2D eigenvalue weighted by Crippen LogP contribution is -2.60. The van der Waals surface area contributed by atoms with Crippen LogP contribution < -0.4 is 4.90 Å². The Labute approximate surface area is 181 Å². The molecule has 2 fully saturated rings. The Morgan fingerprint density at radius 1 is 1.27 bits per heavy atom. The van der Waals surface area contributed by atoms with E-state index in [9.17, 15) is 9.90 Å². The van der Waals surface area contributed by atoms with E-state index in [1.54, 1.807) is 11.3 Å². The lowest BCUT2D eigenvalue weighted by Gasteiger charge is -2.51. The summed E-state index contributed by atoms with van der Waals surface area (Å²) < 4.78 is 0. The lowest BCUT2D eigenvalue weighted by atomic mass is 9.71. The second kappa shape index (κ2) is 9.57. The predicted molar refractivity (Wildman–Crippen MR) is 117 cm³/mol. The molecule has 2 saturated heterocycles. The zero-order chi connectivity index (χ0) is 21.7. The van der Waals surface area contributed by atoms with Crippen molar-refractivity contribution in [3.8, 4) is 0 Å². The number of rotatable bonds is 2. The Morgan fingerprint density at radius 2 is 2.03 bits per heavy atom. The van der Waals surface area contributed by atoms with Crippen molar-refractivity contribution in [2.75, 3.05) is 31.1 Å². The van der Waals surface area contributed by atoms with Gasteiger partial charge in [0.2, 0.25) is 0 Å². The van der Waals surface area contributed by atoms with Crippen LogP contribution in [0.4, 0.5) is 5.13 Å². The molecule has 0 saturated carbocycles. The van der Waals surface area contributed by atoms with E-state index in [2.05, 4.69) is 16.8 Å². The minimum absolute atomic E-state index is 0.0794. The number of carbonyl (C=O) groups excluding carboxylic acids is 1. The maximum Gasteiger partial charge on any atom is 0.290 e. The number of anilines is 1. The molecule has 2 aliphatic rings. The summed E-state index contributed by atoms with van der Waals surface area (Å²) in [5.74, 6) is 0.0794. The molecule has 1 amide bonds. The van der Waals surface area contributed by atoms with Crippen molar-refractivity contribution in [3.05, 3.63) is 46.5 Å². The first-order valence-corrected chi connectivity index (χ1v) is 11.0. The fraction of sp³-hybridized carbons (Fsp3) is 0.500. The highest BCUT2D eigenvalue weighted by atomic mass is 32.1. The fourth-order valence-corrected chi connectivity index (χ4v) is 5.15. The van der Waals surface area contributed by atoms with Crippen molar-refractivity contribution in [2.24, 2.45) is 5.41 Å². The highest BCUT2D eigenvalue weighted by molar-refractivity contribution is 7.13. The van der Waals surface area contributed by atoms with Crippen LogP contribution in [-0.2, 0) is 4.79 Å². The van der Waals surface area contributed by atoms with Crippen LogP contribution in [0.25, 0.3) is 0 Å². The number of aromatic nitrogens is 1. The van der Waals surface area contributed by atoms with Gasteiger partial charge in [0.25, 0.3) is 12.4 Å². The standard InChI is InChI=1S/C21H27N3O2S.CH2O2/c1-15-4-5-17(12-16(15)2)19(26)23-9-3-7-21(13-23)14-24(10-6-18(21)25)20-22-8-11-27-20;2-1-3/h4-5,8,11-12,18,25H,3,6-7,9-10,13-14H2,1-2H3;1H,(H,2,3)/t18-,21+;/m1./s1. The molecule has 4 rings (SSSR count). The van der Waals surface area contributed by atoms with E-state index < -0.39 is 0 Å². The molecule has 8 heteroatoms. The molecular formula is C22H29N3O4S. The molecule has 0 unspecified atom stereocenters. The van der Waals surface area contributed by atoms with E-state index in [-0.39, 0.29) is 23.9 Å². The molecule has 1 aromatic heterocycles. The second-order valence-electron chi connectivity index (χ2n) is 8.14. The number of benzene rings is 1. The highest BCUT2D eigenvalue weighted by Gasteiger charge is 2.46. The number of hydrogen-bond acceptors (Lipinski definition) is 6. The fourth-order valence-electron chi connectivity index (χ4n) is 4.48. The Morgan fingerprint density at radius 3 is 2.70 bits per heavy atom. The molecule has 2 N–H and O–H groups in total. The van der Waals surface area contributed by atoms with Gasteiger partial charge < -0.3 is 20.0 Å². The molecule has 1 aromatic carbocycles. The van der Waals surface area contributed by atoms with Crippen molar-refractivity contribution in [1.82, 2.24) is 9.88 Å². The molecule has 162 valence electrons. The number of aryl methyl sites for hydroxylation is 2. The quantitative estimate of drug-likeness (QED) is 0.710. The van der Waals surface area contributed by atoms with E-state index >= 15 is 0 Å². The van der Waals surface area contributed by atoms with E-state index in [0.29, 0.717) is 6.54 Å². The van der Waals surface area contributed by atoms with E-state index in [1.807, 2.05) is 41.6 Å². The van der Waals surface area contributed by atoms with Crippen molar-refractivity contribution in [2.45, 2.75) is 39.2 Å². The summed E-state index contributed by atoms with van der Waals surface area (Å²) in [7, 11) is 0. The second-order valence-corrected chi connectivity index (χ2v) is 9.01. The molecule has 2 atom stereocenters. The van der Waals surface area contributed by atoms with Crippen LogP contribution in [0.15, 0.2) is 29.8 Å². The number of piperidine rings is 2. The SMILES string of the molecule is Cc1ccc(C(=O)N2CCC[C@]3(C2)CN(c2nccs2)CC[C@H]3O)cc1C.O=CO. The maximum atomic E-state index is 13.1. The Kier molecular flexibility index (Phi) is 7.10. The summed E-state index contributed by atoms with van der Waals surface area (Å²) >= 11 is 1.64. The summed E-state index contributed by atoms with van der Waals surface area (Å²) in [5.41, 5.74) is 2.82. The zero-order valence-corrected chi connectivity index (χ0v) is 18.3. The number of carboxylic acid groups (broad SMARTS) is 1. The van der Waals surface area contributed by atoms with Crippen LogP contribution in [-0.4, -0.2) is 64.8 Å². The van der Waals surface area contributed by atoms with Crippen molar-refractivity contribution in [1.29, 1.82) is 0 Å². The largest absolute Gasteiger partial charge is 0.483 e. The average Bonchev–Trinajstić information content (AvgIpc) is 3.27. The smallest absolute Gasteiger partial charge is 0.290 e. The molecule has 0 bridgehead atoms. The monoisotopic (exact) mass is 431 g/mol. The number of aliphatic hydroxyl groups excluding tert-OH is 1. The first kappa shape index (κ1) is 22.2. The number of amides is 1. The van der Waals surface area contributed by atoms with Gasteiger partial charge in [-0.2, -0.15) is 0 Å². The summed E-state index contributed by atoms with van der Waals surface area (Å²) in [5, 5.41) is 20.8. The summed E-state index contributed by atoms with van der Waals surface area (Å²) in [6, 6.07) is 5.92. The predicted octanol–water partition coefficient (Wildman–Crippen LogP) is 2.95. The van der Waals surface area contributed by atoms with Gasteiger partial charge in [-0.15, -0.1) is 11.3 Å². The Hall–Kier alpha value is -2.45. The normalized spacial score (nSPS) is 23.6. The van der Waals surface area contributed by atoms with Crippen LogP contribution in [0.3, 0.4) is 0 Å². The third-order valence-corrected chi connectivity index (χ3v) is 7.06. The van der Waals surface area contributed by atoms with Crippen LogP contribution in [0.1, 0.15) is 40.7 Å². The highest BCUT2D eigenvalue weighted by Crippen LogP contribution is 2.40. The minimum Gasteiger partial charge on any atom is -0.483 e. The third kappa shape index (κ3) is 4.65. The van der Waals surface area contributed by atoms with Crippen LogP contribution in [0.2, 0.25) is 0 Å². The molecule has 0 radical (unpaired) electrons. The zero-order valence-electron chi connectivity index (χ0n) is 17.5. The van der Waals surface area contributed by atoms with E-state index in [0.717, 1.165) is 55.2 Å². The number of carbonyl (C=O) groups is 2. The third-order valence-electron chi connectivity index (χ3n) is 6.22. The number of hydrogen-bond donors (Lipinski definition) is 2. The Balaban J connectivity index is 0.000000806. The van der Waals surface area contributed by atoms with Gasteiger partial charge in [-0.25, -0.2) is 4.98 Å². The number of nitrogens with zero attached hydrogens (tertiary/aromatic N) is 3. The van der Waals surface area contributed by atoms with Crippen LogP contribution in [0, 0.1) is 19.3 Å². The molecule has 30 heavy (non-hydrogen) atoms. The van der Waals surface area contributed by atoms with E-state index in [1.165, 1.54) is 5.56 Å². The van der Waals surface area contributed by atoms with Gasteiger partial charge in [0, 0.05) is 48.7 Å². The summed E-state index contributed by atoms with van der Waals surface area (Å²) in [6.45, 7) is 6.81. The van der Waals surface area contributed by atoms with Gasteiger partial charge in [-0.3, -0.25) is 9.59 Å². The van der Waals surface area contributed by atoms with Crippen LogP contribution in [0.5, 0.6) is 0 Å². The topological polar surface area (TPSA) is 94.0 Å². The molecule has 2 aromatic rings. The molecule has 0 aliphatic carbocycles. The minimum atomic E-state index is -0.371. The number of likely N-dealkylation sites (tertiary alicyclic amines) is 1. The molecule has 3 heterocycles. The van der Waals surface area contributed by atoms with Gasteiger partial charge in [0.05, 0.1) is 6.10 Å². The molecule has 1 spiro atoms. The molecular weight excluding hydrogens is 402 g/mol. The number of thiazole rings is 1. The first-order chi connectivity index (χ1) is 14.4. The first-order valence-electron chi connectivity index (χ1n) is 10.2. The van der Waals surface area contributed by atoms with Crippen molar-refractivity contribution >= 4 is 28.8 Å². The van der Waals surface area contributed by atoms with Crippen molar-refractivity contribution < 1.29 is 19.8 Å². The van der Waals surface area contributed by atoms with Crippen molar-refractivity contribution in [3.63, 3.8) is 0 Å². The van der Waals surface area contributed by atoms with Gasteiger partial charge >= 0.3 is 0 Å². The van der Waals surface area contributed by atoms with Crippen LogP contribution >= 0.6 is 11.3 Å². The van der Waals surface area contributed by atoms with E-state index in [4.69, 9.17) is 9.90 Å². The van der Waals surface area contributed by atoms with Gasteiger partial charge in [0.1, 0.15) is 0 Å². The summed E-state index contributed by atoms with van der Waals surface area (Å²) in [4.78, 5) is 30.2.